The summed E-state index contributed by atoms with van der Waals surface area (Å²) in [5.74, 6) is 0.0489. The van der Waals surface area contributed by atoms with Gasteiger partial charge in [0.1, 0.15) is 30.2 Å². The van der Waals surface area contributed by atoms with Gasteiger partial charge in [-0.25, -0.2) is 4.98 Å². The number of hydrogen-bond donors (Lipinski definition) is 6. The molecule has 0 aliphatic carbocycles. The van der Waals surface area contributed by atoms with Gasteiger partial charge in [-0.2, -0.15) is 4.98 Å². The second-order valence-corrected chi connectivity index (χ2v) is 4.53. The van der Waals surface area contributed by atoms with Crippen LogP contribution >= 0.6 is 0 Å². The molecule has 1 saturated heterocycles. The van der Waals surface area contributed by atoms with Crippen LogP contribution in [0, 0.1) is 0 Å². The van der Waals surface area contributed by atoms with E-state index >= 15 is 0 Å². The van der Waals surface area contributed by atoms with Gasteiger partial charge in [0.2, 0.25) is 5.95 Å². The van der Waals surface area contributed by atoms with Crippen LogP contribution in [-0.2, 0) is 4.74 Å². The fraction of sp³-hybridized carbons (Fsp3) is 0.500. The molecular weight excluding hydrogens is 270 g/mol. The van der Waals surface area contributed by atoms with Crippen LogP contribution in [0.25, 0.3) is 11.2 Å². The molecule has 2 aromatic rings. The maximum atomic E-state index is 11.7. The molecule has 0 bridgehead atoms. The van der Waals surface area contributed by atoms with Crippen molar-refractivity contribution in [3.8, 4) is 0 Å². The van der Waals surface area contributed by atoms with Crippen LogP contribution < -0.4 is 11.3 Å². The quantitative estimate of drug-likeness (QED) is 0.348. The van der Waals surface area contributed by atoms with E-state index in [1.165, 1.54) is 0 Å². The van der Waals surface area contributed by atoms with Crippen molar-refractivity contribution in [1.82, 2.24) is 19.9 Å². The minimum Gasteiger partial charge on any atom is -0.394 e. The van der Waals surface area contributed by atoms with Crippen molar-refractivity contribution in [3.63, 3.8) is 0 Å². The number of imidazole rings is 1. The maximum Gasteiger partial charge on any atom is 0.278 e. The van der Waals surface area contributed by atoms with Gasteiger partial charge < -0.3 is 30.8 Å². The molecule has 10 nitrogen and oxygen atoms in total. The third kappa shape index (κ3) is 1.86. The van der Waals surface area contributed by atoms with Crippen LogP contribution in [0.15, 0.2) is 4.79 Å². The highest BCUT2D eigenvalue weighted by atomic mass is 16.6. The topological polar surface area (TPSA) is 170 Å². The van der Waals surface area contributed by atoms with Crippen LogP contribution in [-0.4, -0.2) is 60.2 Å². The Labute approximate surface area is 111 Å². The van der Waals surface area contributed by atoms with E-state index in [-0.39, 0.29) is 22.9 Å². The summed E-state index contributed by atoms with van der Waals surface area (Å²) in [4.78, 5) is 24.5. The number of nitrogens with zero attached hydrogens (tertiary/aromatic N) is 2. The molecule has 0 radical (unpaired) electrons. The maximum absolute atomic E-state index is 11.7. The lowest BCUT2D eigenvalue weighted by Gasteiger charge is -2.11. The summed E-state index contributed by atoms with van der Waals surface area (Å²) >= 11 is 0. The molecular formula is C10H13N5O5. The Kier molecular flexibility index (Phi) is 2.94. The fourth-order valence-electron chi connectivity index (χ4n) is 2.20. The van der Waals surface area contributed by atoms with E-state index in [1.54, 1.807) is 0 Å². The average molecular weight is 283 g/mol. The minimum absolute atomic E-state index is 0.0818. The zero-order valence-corrected chi connectivity index (χ0v) is 10.1. The Balaban J connectivity index is 2.03. The first-order valence-electron chi connectivity index (χ1n) is 5.89. The van der Waals surface area contributed by atoms with Gasteiger partial charge in [-0.15, -0.1) is 0 Å². The highest BCUT2D eigenvalue weighted by Gasteiger charge is 2.44. The van der Waals surface area contributed by atoms with E-state index in [0.717, 1.165) is 0 Å². The summed E-state index contributed by atoms with van der Waals surface area (Å²) in [6, 6.07) is 0. The largest absolute Gasteiger partial charge is 0.394 e. The number of aliphatic hydroxyl groups excluding tert-OH is 3. The van der Waals surface area contributed by atoms with Crippen molar-refractivity contribution in [3.05, 3.63) is 16.2 Å². The number of H-pyrrole nitrogens is 2. The highest BCUT2D eigenvalue weighted by molar-refractivity contribution is 5.70. The summed E-state index contributed by atoms with van der Waals surface area (Å²) in [6.45, 7) is -0.444. The third-order valence-corrected chi connectivity index (χ3v) is 3.21. The highest BCUT2D eigenvalue weighted by Crippen LogP contribution is 2.32. The van der Waals surface area contributed by atoms with Crippen molar-refractivity contribution in [2.24, 2.45) is 0 Å². The average Bonchev–Trinajstić information content (AvgIpc) is 2.93. The molecule has 4 atom stereocenters. The van der Waals surface area contributed by atoms with E-state index in [0.29, 0.717) is 0 Å². The summed E-state index contributed by atoms with van der Waals surface area (Å²) in [6.07, 6.45) is -4.42. The molecule has 0 spiro atoms. The summed E-state index contributed by atoms with van der Waals surface area (Å²) < 4.78 is 5.31. The second kappa shape index (κ2) is 4.52. The van der Waals surface area contributed by atoms with Crippen LogP contribution in [0.1, 0.15) is 11.9 Å². The van der Waals surface area contributed by atoms with Crippen molar-refractivity contribution in [1.29, 1.82) is 0 Å². The Bertz CT molecular complexity index is 697. The summed E-state index contributed by atoms with van der Waals surface area (Å²) in [7, 11) is 0. The van der Waals surface area contributed by atoms with Crippen LogP contribution in [0.2, 0.25) is 0 Å². The molecule has 20 heavy (non-hydrogen) atoms. The third-order valence-electron chi connectivity index (χ3n) is 3.21. The normalized spacial score (nSPS) is 30.1. The van der Waals surface area contributed by atoms with Gasteiger partial charge in [0.25, 0.3) is 5.56 Å². The first-order valence-corrected chi connectivity index (χ1v) is 5.89. The van der Waals surface area contributed by atoms with Gasteiger partial charge in [-0.1, -0.05) is 0 Å². The molecule has 1 unspecified atom stereocenters. The van der Waals surface area contributed by atoms with E-state index in [4.69, 9.17) is 15.6 Å². The molecule has 1 fully saturated rings. The predicted molar refractivity (Wildman–Crippen MR) is 65.6 cm³/mol. The van der Waals surface area contributed by atoms with Crippen LogP contribution in [0.3, 0.4) is 0 Å². The Morgan fingerprint density at radius 1 is 1.25 bits per heavy atom. The van der Waals surface area contributed by atoms with Gasteiger partial charge in [-0.05, 0) is 0 Å². The van der Waals surface area contributed by atoms with Crippen molar-refractivity contribution < 1.29 is 20.1 Å². The number of aliphatic hydroxyl groups is 3. The van der Waals surface area contributed by atoms with Gasteiger partial charge in [-0.3, -0.25) is 9.78 Å². The number of nitrogen functional groups attached to an aromatic ring is 1. The molecule has 108 valence electrons. The van der Waals surface area contributed by atoms with Gasteiger partial charge in [0.05, 0.1) is 6.61 Å². The summed E-state index contributed by atoms with van der Waals surface area (Å²) in [5.41, 5.74) is 5.08. The molecule has 1 aliphatic heterocycles. The molecule has 1 aliphatic rings. The Morgan fingerprint density at radius 3 is 2.65 bits per heavy atom. The van der Waals surface area contributed by atoms with E-state index < -0.39 is 36.6 Å². The number of nitrogens with one attached hydrogen (secondary N) is 2. The Hall–Kier alpha value is -2.01. The summed E-state index contributed by atoms with van der Waals surface area (Å²) in [5, 5.41) is 28.6. The lowest BCUT2D eigenvalue weighted by atomic mass is 10.1. The number of aromatic nitrogens is 4. The van der Waals surface area contributed by atoms with Crippen molar-refractivity contribution in [2.75, 3.05) is 12.3 Å². The Morgan fingerprint density at radius 2 is 2.00 bits per heavy atom. The lowest BCUT2D eigenvalue weighted by Crippen LogP contribution is -2.32. The van der Waals surface area contributed by atoms with E-state index in [1.807, 2.05) is 0 Å². The zero-order valence-electron chi connectivity index (χ0n) is 10.1. The van der Waals surface area contributed by atoms with Gasteiger partial charge in [0, 0.05) is 0 Å². The molecule has 10 heteroatoms. The molecule has 0 amide bonds. The van der Waals surface area contributed by atoms with E-state index in [2.05, 4.69) is 19.9 Å². The number of rotatable bonds is 2. The molecule has 3 rings (SSSR count). The zero-order chi connectivity index (χ0) is 14.4. The number of ether oxygens (including phenoxy) is 1. The van der Waals surface area contributed by atoms with E-state index in [9.17, 15) is 15.0 Å². The number of fused-ring (bicyclic) bond motifs is 1. The molecule has 2 aromatic heterocycles. The minimum atomic E-state index is -1.27. The van der Waals surface area contributed by atoms with Gasteiger partial charge >= 0.3 is 0 Å². The number of anilines is 1. The lowest BCUT2D eigenvalue weighted by molar-refractivity contribution is -0.0249. The predicted octanol–water partition coefficient (Wildman–Crippen LogP) is -2.62. The molecule has 3 heterocycles. The van der Waals surface area contributed by atoms with Crippen molar-refractivity contribution in [2.45, 2.75) is 24.4 Å². The monoisotopic (exact) mass is 283 g/mol. The standard InChI is InChI=1S/C10H13N5O5/c11-10-14-7-3(9(19)15-10)12-8(13-7)6-5(18)4(17)2(1-16)20-6/h2,4-6,16-18H,1H2,(H4,11,12,13,14,15,19)/t2-,4-,5-,6?/m0/s1. The number of nitrogens with two attached hydrogens (primary N) is 1. The van der Waals surface area contributed by atoms with Crippen molar-refractivity contribution >= 4 is 17.1 Å². The number of hydrogen-bond acceptors (Lipinski definition) is 8. The fourth-order valence-corrected chi connectivity index (χ4v) is 2.20. The van der Waals surface area contributed by atoms with Gasteiger partial charge in [0.15, 0.2) is 11.2 Å². The van der Waals surface area contributed by atoms with Crippen LogP contribution in [0.4, 0.5) is 5.95 Å². The molecule has 0 aromatic carbocycles. The number of aromatic amines is 2. The second-order valence-electron chi connectivity index (χ2n) is 4.53. The first kappa shape index (κ1) is 13.0. The van der Waals surface area contributed by atoms with Crippen LogP contribution in [0.5, 0.6) is 0 Å². The smallest absolute Gasteiger partial charge is 0.278 e. The molecule has 0 saturated carbocycles. The molecule has 7 N–H and O–H groups in total. The first-order chi connectivity index (χ1) is 9.51. The SMILES string of the molecule is Nc1nc2nc(C3O[C@@H](CO)[C@H](O)[C@@H]3O)[nH]c2c(=O)[nH]1.